The fourth-order valence-electron chi connectivity index (χ4n) is 2.01. The first-order valence-electron chi connectivity index (χ1n) is 7.61. The first-order valence-corrected chi connectivity index (χ1v) is 7.61. The fraction of sp³-hybridized carbons (Fsp3) is 0.278. The second-order valence-electron chi connectivity index (χ2n) is 4.93. The molecule has 0 aliphatic rings. The third kappa shape index (κ3) is 6.00. The number of carbonyl (C=O) groups is 1. The van der Waals surface area contributed by atoms with E-state index in [1.165, 1.54) is 0 Å². The summed E-state index contributed by atoms with van der Waals surface area (Å²) in [7, 11) is 1.61. The zero-order valence-corrected chi connectivity index (χ0v) is 13.2. The van der Waals surface area contributed by atoms with E-state index in [1.54, 1.807) is 7.11 Å². The van der Waals surface area contributed by atoms with Crippen LogP contribution in [-0.4, -0.2) is 32.7 Å². The van der Waals surface area contributed by atoms with Crippen molar-refractivity contribution in [2.75, 3.05) is 32.1 Å². The Hall–Kier alpha value is -2.53. The summed E-state index contributed by atoms with van der Waals surface area (Å²) in [5.41, 5.74) is 0.862. The summed E-state index contributed by atoms with van der Waals surface area (Å²) in [5, 5.41) is 6.03. The summed E-state index contributed by atoms with van der Waals surface area (Å²) in [6.07, 6.45) is 0.392. The lowest BCUT2D eigenvalue weighted by molar-refractivity contribution is -0.121. The van der Waals surface area contributed by atoms with E-state index in [9.17, 15) is 4.79 Å². The topological polar surface area (TPSA) is 59.6 Å². The van der Waals surface area contributed by atoms with Crippen LogP contribution in [0.3, 0.4) is 0 Å². The maximum atomic E-state index is 11.6. The number of methoxy groups -OCH3 is 1. The average Bonchev–Trinajstić information content (AvgIpc) is 2.58. The quantitative estimate of drug-likeness (QED) is 0.699. The molecule has 0 aromatic heterocycles. The smallest absolute Gasteiger partial charge is 0.221 e. The van der Waals surface area contributed by atoms with Crippen LogP contribution in [0.1, 0.15) is 6.42 Å². The standard InChI is InChI=1S/C18H22N2O3/c1-22-14-13-20-18(21)11-12-19-16-9-5-6-10-17(16)23-15-7-3-2-4-8-15/h2-10,19H,11-14H2,1H3,(H,20,21). The highest BCUT2D eigenvalue weighted by Gasteiger charge is 2.05. The monoisotopic (exact) mass is 314 g/mol. The lowest BCUT2D eigenvalue weighted by atomic mass is 10.2. The Bertz CT molecular complexity index is 602. The zero-order valence-electron chi connectivity index (χ0n) is 13.2. The van der Waals surface area contributed by atoms with Crippen LogP contribution in [0.25, 0.3) is 0 Å². The van der Waals surface area contributed by atoms with Crippen LogP contribution in [0.4, 0.5) is 5.69 Å². The molecule has 0 heterocycles. The van der Waals surface area contributed by atoms with Gasteiger partial charge in [-0.25, -0.2) is 0 Å². The van der Waals surface area contributed by atoms with E-state index in [4.69, 9.17) is 9.47 Å². The van der Waals surface area contributed by atoms with Gasteiger partial charge in [-0.3, -0.25) is 4.79 Å². The van der Waals surface area contributed by atoms with Crippen molar-refractivity contribution < 1.29 is 14.3 Å². The normalized spacial score (nSPS) is 10.1. The van der Waals surface area contributed by atoms with Crippen LogP contribution in [0.5, 0.6) is 11.5 Å². The second-order valence-corrected chi connectivity index (χ2v) is 4.93. The van der Waals surface area contributed by atoms with Crippen LogP contribution in [0, 0.1) is 0 Å². The van der Waals surface area contributed by atoms with Gasteiger partial charge in [0.2, 0.25) is 5.91 Å². The van der Waals surface area contributed by atoms with Gasteiger partial charge in [-0.2, -0.15) is 0 Å². The van der Waals surface area contributed by atoms with Gasteiger partial charge in [0.1, 0.15) is 5.75 Å². The maximum Gasteiger partial charge on any atom is 0.221 e. The van der Waals surface area contributed by atoms with Crippen molar-refractivity contribution in [1.82, 2.24) is 5.32 Å². The average molecular weight is 314 g/mol. The molecule has 23 heavy (non-hydrogen) atoms. The zero-order chi connectivity index (χ0) is 16.3. The van der Waals surface area contributed by atoms with Crippen LogP contribution in [-0.2, 0) is 9.53 Å². The third-order valence-electron chi connectivity index (χ3n) is 3.15. The molecule has 0 spiro atoms. The molecule has 0 unspecified atom stereocenters. The summed E-state index contributed by atoms with van der Waals surface area (Å²) in [6.45, 7) is 1.59. The van der Waals surface area contributed by atoms with E-state index in [-0.39, 0.29) is 5.91 Å². The summed E-state index contributed by atoms with van der Waals surface area (Å²) < 4.78 is 10.8. The van der Waals surface area contributed by atoms with Crippen molar-refractivity contribution in [2.24, 2.45) is 0 Å². The molecular weight excluding hydrogens is 292 g/mol. The van der Waals surface area contributed by atoms with E-state index < -0.39 is 0 Å². The molecule has 2 rings (SSSR count). The lowest BCUT2D eigenvalue weighted by Gasteiger charge is -2.13. The Kier molecular flexibility index (Phi) is 6.94. The number of para-hydroxylation sites is 3. The number of anilines is 1. The van der Waals surface area contributed by atoms with Crippen LogP contribution >= 0.6 is 0 Å². The Balaban J connectivity index is 1.84. The summed E-state index contributed by atoms with van der Waals surface area (Å²) >= 11 is 0. The molecule has 0 atom stereocenters. The maximum absolute atomic E-state index is 11.6. The molecular formula is C18H22N2O3. The number of nitrogens with one attached hydrogen (secondary N) is 2. The molecule has 0 bridgehead atoms. The van der Waals surface area contributed by atoms with Gasteiger partial charge in [-0.1, -0.05) is 30.3 Å². The largest absolute Gasteiger partial charge is 0.455 e. The van der Waals surface area contributed by atoms with E-state index in [2.05, 4.69) is 10.6 Å². The van der Waals surface area contributed by atoms with Gasteiger partial charge in [-0.15, -0.1) is 0 Å². The number of ether oxygens (including phenoxy) is 2. The van der Waals surface area contributed by atoms with Gasteiger partial charge in [0, 0.05) is 26.6 Å². The Morgan fingerprint density at radius 1 is 1.00 bits per heavy atom. The summed E-state index contributed by atoms with van der Waals surface area (Å²) in [5.74, 6) is 1.51. The highest BCUT2D eigenvalue weighted by molar-refractivity contribution is 5.76. The van der Waals surface area contributed by atoms with E-state index in [1.807, 2.05) is 54.6 Å². The summed E-state index contributed by atoms with van der Waals surface area (Å²) in [6, 6.07) is 17.3. The van der Waals surface area contributed by atoms with Crippen molar-refractivity contribution >= 4 is 11.6 Å². The van der Waals surface area contributed by atoms with Crippen LogP contribution < -0.4 is 15.4 Å². The number of rotatable bonds is 9. The predicted molar refractivity (Wildman–Crippen MR) is 91.0 cm³/mol. The Morgan fingerprint density at radius 3 is 2.52 bits per heavy atom. The predicted octanol–water partition coefficient (Wildman–Crippen LogP) is 3.04. The van der Waals surface area contributed by atoms with Crippen molar-refractivity contribution in [3.05, 3.63) is 54.6 Å². The number of hydrogen-bond acceptors (Lipinski definition) is 4. The molecule has 0 aliphatic heterocycles. The number of amides is 1. The summed E-state index contributed by atoms with van der Waals surface area (Å²) in [4.78, 5) is 11.6. The second kappa shape index (κ2) is 9.48. The molecule has 5 heteroatoms. The van der Waals surface area contributed by atoms with Gasteiger partial charge in [0.05, 0.1) is 12.3 Å². The van der Waals surface area contributed by atoms with Gasteiger partial charge in [-0.05, 0) is 24.3 Å². The molecule has 2 aromatic rings. The molecule has 0 saturated heterocycles. The van der Waals surface area contributed by atoms with E-state index in [0.29, 0.717) is 26.1 Å². The van der Waals surface area contributed by atoms with Crippen LogP contribution in [0.2, 0.25) is 0 Å². The van der Waals surface area contributed by atoms with E-state index >= 15 is 0 Å². The molecule has 1 amide bonds. The first-order chi connectivity index (χ1) is 11.3. The number of carbonyl (C=O) groups excluding carboxylic acids is 1. The minimum Gasteiger partial charge on any atom is -0.455 e. The highest BCUT2D eigenvalue weighted by atomic mass is 16.5. The van der Waals surface area contributed by atoms with Crippen LogP contribution in [0.15, 0.2) is 54.6 Å². The lowest BCUT2D eigenvalue weighted by Crippen LogP contribution is -2.28. The SMILES string of the molecule is COCCNC(=O)CCNc1ccccc1Oc1ccccc1. The minimum absolute atomic E-state index is 0.00370. The Morgan fingerprint density at radius 2 is 1.74 bits per heavy atom. The van der Waals surface area contributed by atoms with E-state index in [0.717, 1.165) is 17.2 Å². The highest BCUT2D eigenvalue weighted by Crippen LogP contribution is 2.28. The molecule has 0 aliphatic carbocycles. The number of benzene rings is 2. The molecule has 0 saturated carbocycles. The molecule has 2 aromatic carbocycles. The van der Waals surface area contributed by atoms with Gasteiger partial charge < -0.3 is 20.1 Å². The molecule has 122 valence electrons. The van der Waals surface area contributed by atoms with Gasteiger partial charge in [0.25, 0.3) is 0 Å². The van der Waals surface area contributed by atoms with Gasteiger partial charge in [0.15, 0.2) is 5.75 Å². The van der Waals surface area contributed by atoms with Crippen molar-refractivity contribution in [2.45, 2.75) is 6.42 Å². The Labute approximate surface area is 136 Å². The third-order valence-corrected chi connectivity index (χ3v) is 3.15. The molecule has 0 radical (unpaired) electrons. The minimum atomic E-state index is -0.00370. The van der Waals surface area contributed by atoms with Crippen molar-refractivity contribution in [3.8, 4) is 11.5 Å². The number of hydrogen-bond donors (Lipinski definition) is 2. The first kappa shape index (κ1) is 16.8. The van der Waals surface area contributed by atoms with Crippen molar-refractivity contribution in [1.29, 1.82) is 0 Å². The van der Waals surface area contributed by atoms with Gasteiger partial charge >= 0.3 is 0 Å². The molecule has 2 N–H and O–H groups in total. The molecule has 0 fully saturated rings. The fourth-order valence-corrected chi connectivity index (χ4v) is 2.01. The van der Waals surface area contributed by atoms with Crippen molar-refractivity contribution in [3.63, 3.8) is 0 Å². The molecule has 5 nitrogen and oxygen atoms in total.